The van der Waals surface area contributed by atoms with E-state index in [2.05, 4.69) is 33.7 Å². The number of nitrogens with zero attached hydrogens (tertiary/aromatic N) is 1. The highest BCUT2D eigenvalue weighted by Gasteiger charge is 2.21. The third kappa shape index (κ3) is 5.90. The fourth-order valence-electron chi connectivity index (χ4n) is 3.11. The molecule has 24 heavy (non-hydrogen) atoms. The van der Waals surface area contributed by atoms with Gasteiger partial charge in [-0.25, -0.2) is 0 Å². The third-order valence-electron chi connectivity index (χ3n) is 4.40. The van der Waals surface area contributed by atoms with Crippen LogP contribution in [0.5, 0.6) is 0 Å². The minimum Gasteiger partial charge on any atom is -0.378 e. The molecule has 0 radical (unpaired) electrons. The minimum atomic E-state index is -0.223. The van der Waals surface area contributed by atoms with Crippen LogP contribution in [0.25, 0.3) is 0 Å². The molecule has 1 amide bonds. The molecule has 0 aliphatic carbocycles. The summed E-state index contributed by atoms with van der Waals surface area (Å²) in [6, 6.07) is 8.17. The van der Waals surface area contributed by atoms with Crippen LogP contribution in [0.2, 0.25) is 0 Å². The van der Waals surface area contributed by atoms with Gasteiger partial charge in [0, 0.05) is 19.6 Å². The Balaban J connectivity index is 0.00000144. The zero-order valence-electron chi connectivity index (χ0n) is 13.8. The third-order valence-corrected chi connectivity index (χ3v) is 4.40. The number of benzene rings is 1. The number of likely N-dealkylation sites (tertiary alicyclic amines) is 1. The first-order valence-corrected chi connectivity index (χ1v) is 8.21. The Morgan fingerprint density at radius 1 is 1.21 bits per heavy atom. The summed E-state index contributed by atoms with van der Waals surface area (Å²) in [5.74, 6) is 0.0238. The fraction of sp³-hybridized carbons (Fsp3) is 0.588. The number of halogens is 2. The van der Waals surface area contributed by atoms with Crippen molar-refractivity contribution in [1.82, 2.24) is 15.5 Å². The normalized spacial score (nSPS) is 20.8. The van der Waals surface area contributed by atoms with Crippen LogP contribution >= 0.6 is 24.8 Å². The molecule has 0 bridgehead atoms. The van der Waals surface area contributed by atoms with Gasteiger partial charge in [0.25, 0.3) is 0 Å². The van der Waals surface area contributed by atoms with E-state index in [4.69, 9.17) is 4.74 Å². The van der Waals surface area contributed by atoms with Gasteiger partial charge in [-0.05, 0) is 37.1 Å². The van der Waals surface area contributed by atoms with Crippen molar-refractivity contribution < 1.29 is 9.53 Å². The van der Waals surface area contributed by atoms with Gasteiger partial charge in [0.15, 0.2) is 0 Å². The molecular weight excluding hydrogens is 349 g/mol. The Labute approximate surface area is 156 Å². The van der Waals surface area contributed by atoms with Gasteiger partial charge in [0.1, 0.15) is 6.04 Å². The maximum Gasteiger partial charge on any atom is 0.239 e. The quantitative estimate of drug-likeness (QED) is 0.822. The zero-order valence-corrected chi connectivity index (χ0v) is 15.5. The molecule has 2 heterocycles. The first-order valence-electron chi connectivity index (χ1n) is 8.21. The lowest BCUT2D eigenvalue weighted by molar-refractivity contribution is -0.126. The van der Waals surface area contributed by atoms with Gasteiger partial charge in [-0.3, -0.25) is 9.69 Å². The Morgan fingerprint density at radius 2 is 1.92 bits per heavy atom. The molecule has 0 saturated carbocycles. The van der Waals surface area contributed by atoms with Gasteiger partial charge in [-0.1, -0.05) is 24.3 Å². The minimum absolute atomic E-state index is 0. The van der Waals surface area contributed by atoms with E-state index in [9.17, 15) is 4.79 Å². The molecule has 1 atom stereocenters. The second-order valence-electron chi connectivity index (χ2n) is 6.05. The highest BCUT2D eigenvalue weighted by atomic mass is 35.5. The van der Waals surface area contributed by atoms with Crippen molar-refractivity contribution in [2.45, 2.75) is 32.0 Å². The van der Waals surface area contributed by atoms with Crippen LogP contribution in [0, 0.1) is 0 Å². The van der Waals surface area contributed by atoms with Crippen molar-refractivity contribution in [1.29, 1.82) is 0 Å². The maximum atomic E-state index is 12.2. The monoisotopic (exact) mass is 375 g/mol. The molecule has 136 valence electrons. The van der Waals surface area contributed by atoms with Crippen molar-refractivity contribution in [2.24, 2.45) is 0 Å². The number of carbonyl (C=O) groups is 1. The number of ether oxygens (including phenoxy) is 1. The van der Waals surface area contributed by atoms with Gasteiger partial charge >= 0.3 is 0 Å². The number of hydrogen-bond acceptors (Lipinski definition) is 4. The Kier molecular flexibility index (Phi) is 9.63. The molecule has 0 aromatic heterocycles. The van der Waals surface area contributed by atoms with Crippen LogP contribution in [0.4, 0.5) is 0 Å². The lowest BCUT2D eigenvalue weighted by Gasteiger charge is -2.23. The molecule has 2 N–H and O–H groups in total. The van der Waals surface area contributed by atoms with Crippen molar-refractivity contribution in [3.05, 3.63) is 35.4 Å². The van der Waals surface area contributed by atoms with Crippen molar-refractivity contribution in [3.8, 4) is 0 Å². The second kappa shape index (κ2) is 10.9. The van der Waals surface area contributed by atoms with Crippen LogP contribution in [0.15, 0.2) is 24.3 Å². The number of amides is 1. The largest absolute Gasteiger partial charge is 0.378 e. The van der Waals surface area contributed by atoms with Crippen LogP contribution in [-0.4, -0.2) is 49.7 Å². The summed E-state index contributed by atoms with van der Waals surface area (Å²) in [7, 11) is 0. The lowest BCUT2D eigenvalue weighted by atomic mass is 10.1. The van der Waals surface area contributed by atoms with Crippen molar-refractivity contribution >= 4 is 30.7 Å². The first kappa shape index (κ1) is 21.2. The molecule has 5 nitrogen and oxygen atoms in total. The number of rotatable bonds is 5. The standard InChI is InChI=1S/C17H25N3O2.2ClH/c21-17(16-13-22-10-7-18-16)19-11-14-5-1-2-6-15(14)12-20-8-3-4-9-20;;/h1-2,5-6,16,18H,3-4,7-13H2,(H,19,21);2*1H. The van der Waals surface area contributed by atoms with Crippen LogP contribution in [-0.2, 0) is 22.6 Å². The van der Waals surface area contributed by atoms with E-state index in [-0.39, 0.29) is 36.8 Å². The summed E-state index contributed by atoms with van der Waals surface area (Å²) in [6.07, 6.45) is 2.60. The van der Waals surface area contributed by atoms with Crippen LogP contribution in [0.3, 0.4) is 0 Å². The van der Waals surface area contributed by atoms with Crippen LogP contribution < -0.4 is 10.6 Å². The van der Waals surface area contributed by atoms with Gasteiger partial charge in [0.2, 0.25) is 5.91 Å². The summed E-state index contributed by atoms with van der Waals surface area (Å²) in [4.78, 5) is 14.6. The van der Waals surface area contributed by atoms with E-state index in [0.717, 1.165) is 13.1 Å². The summed E-state index contributed by atoms with van der Waals surface area (Å²) >= 11 is 0. The molecule has 2 aliphatic rings. The van der Waals surface area contributed by atoms with E-state index < -0.39 is 0 Å². The van der Waals surface area contributed by atoms with E-state index in [1.54, 1.807) is 0 Å². The second-order valence-corrected chi connectivity index (χ2v) is 6.05. The van der Waals surface area contributed by atoms with E-state index in [1.165, 1.54) is 37.1 Å². The SMILES string of the molecule is Cl.Cl.O=C(NCc1ccccc1CN1CCCC1)C1COCCN1. The molecule has 2 aliphatic heterocycles. The molecular formula is C17H27Cl2N3O2. The summed E-state index contributed by atoms with van der Waals surface area (Å²) < 4.78 is 5.34. The lowest BCUT2D eigenvalue weighted by Crippen LogP contribution is -2.51. The average Bonchev–Trinajstić information content (AvgIpc) is 3.07. The van der Waals surface area contributed by atoms with E-state index in [1.807, 2.05) is 6.07 Å². The van der Waals surface area contributed by atoms with Gasteiger partial charge in [0.05, 0.1) is 13.2 Å². The fourth-order valence-corrected chi connectivity index (χ4v) is 3.11. The number of hydrogen-bond donors (Lipinski definition) is 2. The molecule has 3 rings (SSSR count). The van der Waals surface area contributed by atoms with Crippen LogP contribution in [0.1, 0.15) is 24.0 Å². The molecule has 0 spiro atoms. The number of carbonyl (C=O) groups excluding carboxylic acids is 1. The van der Waals surface area contributed by atoms with Crippen molar-refractivity contribution in [2.75, 3.05) is 32.8 Å². The first-order chi connectivity index (χ1) is 10.8. The average molecular weight is 376 g/mol. The molecule has 1 aromatic rings. The smallest absolute Gasteiger partial charge is 0.239 e. The zero-order chi connectivity index (χ0) is 15.2. The highest BCUT2D eigenvalue weighted by Crippen LogP contribution is 2.16. The Bertz CT molecular complexity index is 504. The van der Waals surface area contributed by atoms with E-state index in [0.29, 0.717) is 19.8 Å². The number of nitrogens with one attached hydrogen (secondary N) is 2. The topological polar surface area (TPSA) is 53.6 Å². The predicted octanol–water partition coefficient (Wildman–Crippen LogP) is 1.73. The Hall–Kier alpha value is -0.850. The van der Waals surface area contributed by atoms with Gasteiger partial charge in [-0.15, -0.1) is 24.8 Å². The van der Waals surface area contributed by atoms with E-state index >= 15 is 0 Å². The molecule has 7 heteroatoms. The summed E-state index contributed by atoms with van der Waals surface area (Å²) in [5, 5.41) is 6.22. The Morgan fingerprint density at radius 3 is 2.58 bits per heavy atom. The molecule has 1 unspecified atom stereocenters. The maximum absolute atomic E-state index is 12.2. The highest BCUT2D eigenvalue weighted by molar-refractivity contribution is 5.85. The molecule has 2 fully saturated rings. The van der Waals surface area contributed by atoms with Crippen molar-refractivity contribution in [3.63, 3.8) is 0 Å². The predicted molar refractivity (Wildman–Crippen MR) is 99.9 cm³/mol. The molecule has 2 saturated heterocycles. The molecule has 1 aromatic carbocycles. The summed E-state index contributed by atoms with van der Waals surface area (Å²) in [5.41, 5.74) is 2.53. The van der Waals surface area contributed by atoms with Gasteiger partial charge in [-0.2, -0.15) is 0 Å². The number of morpholine rings is 1. The van der Waals surface area contributed by atoms with Gasteiger partial charge < -0.3 is 15.4 Å². The summed E-state index contributed by atoms with van der Waals surface area (Å²) in [6.45, 7) is 5.82.